The van der Waals surface area contributed by atoms with Crippen molar-refractivity contribution in [3.8, 4) is 28.1 Å². The summed E-state index contributed by atoms with van der Waals surface area (Å²) in [4.78, 5) is 0. The van der Waals surface area contributed by atoms with Crippen LogP contribution in [0.25, 0.3) is 44.6 Å². The number of hydrogen-bond donors (Lipinski definition) is 2. The fourth-order valence-corrected chi connectivity index (χ4v) is 7.81. The van der Waals surface area contributed by atoms with Crippen LogP contribution >= 0.6 is 0 Å². The van der Waals surface area contributed by atoms with Gasteiger partial charge in [-0.15, -0.1) is 20.4 Å². The number of ether oxygens (including phenoxy) is 2. The van der Waals surface area contributed by atoms with Crippen LogP contribution in [0.3, 0.4) is 0 Å². The normalized spacial score (nSPS) is 19.6. The predicted octanol–water partition coefficient (Wildman–Crippen LogP) is 5.80. The van der Waals surface area contributed by atoms with Gasteiger partial charge in [0.2, 0.25) is 5.65 Å². The Morgan fingerprint density at radius 2 is 1.69 bits per heavy atom. The van der Waals surface area contributed by atoms with Gasteiger partial charge in [0.15, 0.2) is 0 Å². The number of nitrogens with zero attached hydrogens (tertiary/aromatic N) is 9. The molecule has 6 aromatic rings. The average Bonchev–Trinajstić information content (AvgIpc) is 3.83. The summed E-state index contributed by atoms with van der Waals surface area (Å²) in [6.07, 6.45) is 6.82. The van der Waals surface area contributed by atoms with E-state index >= 15 is 0 Å². The zero-order valence-corrected chi connectivity index (χ0v) is 28.1. The van der Waals surface area contributed by atoms with Gasteiger partial charge in [0, 0.05) is 40.6 Å². The molecule has 0 aliphatic carbocycles. The second-order valence-corrected chi connectivity index (χ2v) is 14.4. The highest BCUT2D eigenvalue weighted by atomic mass is 16.5. The number of nitrogens with one attached hydrogen (secondary N) is 2. The van der Waals surface area contributed by atoms with Gasteiger partial charge in [0.1, 0.15) is 22.9 Å². The number of fused-ring (bicyclic) bond motifs is 2. The predicted molar refractivity (Wildman–Crippen MR) is 181 cm³/mol. The molecule has 2 aliphatic heterocycles. The van der Waals surface area contributed by atoms with Crippen molar-refractivity contribution in [3.63, 3.8) is 0 Å². The molecule has 2 fully saturated rings. The molecular weight excluding hydrogens is 606 g/mol. The highest BCUT2D eigenvalue weighted by Gasteiger charge is 2.39. The highest BCUT2D eigenvalue weighted by Crippen LogP contribution is 2.40. The molecule has 0 bridgehead atoms. The van der Waals surface area contributed by atoms with Gasteiger partial charge in [-0.3, -0.25) is 5.10 Å². The van der Waals surface area contributed by atoms with Crippen molar-refractivity contribution in [3.05, 3.63) is 59.9 Å². The molecule has 2 saturated heterocycles. The molecule has 2 aliphatic rings. The van der Waals surface area contributed by atoms with Gasteiger partial charge in [0.05, 0.1) is 36.6 Å². The number of piperidine rings is 1. The third-order valence-corrected chi connectivity index (χ3v) is 9.61. The lowest BCUT2D eigenvalue weighted by molar-refractivity contribution is 0.0126. The summed E-state index contributed by atoms with van der Waals surface area (Å²) in [6.45, 7) is 10.2. The fourth-order valence-electron chi connectivity index (χ4n) is 7.81. The van der Waals surface area contributed by atoms with Crippen molar-refractivity contribution >= 4 is 22.2 Å². The third-order valence-electron chi connectivity index (χ3n) is 9.61. The van der Waals surface area contributed by atoms with Gasteiger partial charge in [-0.2, -0.15) is 5.10 Å². The maximum absolute atomic E-state index is 6.13. The SMILES string of the molecule is COc1ccc(Cn2nnc3c(-c4c[nH]nc4C4CCCCO4)ccc(-c4cc5nnn(C6CC(C)(C)NC(C)(C)C6)c5nn4)c32)cc1. The molecule has 4 aromatic heterocycles. The fraction of sp³-hybridized carbons (Fsp3) is 0.457. The van der Waals surface area contributed by atoms with Crippen molar-refractivity contribution in [2.45, 2.75) is 89.6 Å². The van der Waals surface area contributed by atoms with Gasteiger partial charge in [0.25, 0.3) is 0 Å². The molecule has 0 spiro atoms. The number of H-pyrrole nitrogens is 1. The molecule has 48 heavy (non-hydrogen) atoms. The topological polar surface area (TPSA) is 146 Å². The summed E-state index contributed by atoms with van der Waals surface area (Å²) in [5.41, 5.74) is 8.31. The summed E-state index contributed by atoms with van der Waals surface area (Å²) < 4.78 is 15.4. The lowest BCUT2D eigenvalue weighted by Gasteiger charge is -2.46. The minimum atomic E-state index is -0.0592. The summed E-state index contributed by atoms with van der Waals surface area (Å²) in [6, 6.07) is 14.3. The zero-order valence-electron chi connectivity index (χ0n) is 28.1. The second-order valence-electron chi connectivity index (χ2n) is 14.4. The van der Waals surface area contributed by atoms with E-state index in [1.807, 2.05) is 45.9 Å². The van der Waals surface area contributed by atoms with E-state index in [1.165, 1.54) is 0 Å². The standard InChI is InChI=1S/C35H41N11O2/c1-34(2)17-22(18-35(3,4)42-34)46-33-28(38-44-46)16-27(37-41-33)25-14-13-24(26-19-36-39-30(26)29-8-6-7-15-48-29)31-32(25)45(43-40-31)20-21-9-11-23(47-5)12-10-21/h9-14,16,19,22,29,42H,6-8,15,17-18,20H2,1-5H3,(H,36,39). The van der Waals surface area contributed by atoms with E-state index in [0.29, 0.717) is 23.4 Å². The number of benzene rings is 2. The van der Waals surface area contributed by atoms with Crippen LogP contribution < -0.4 is 10.1 Å². The van der Waals surface area contributed by atoms with Crippen LogP contribution in [0.1, 0.15) is 83.2 Å². The second kappa shape index (κ2) is 11.7. The average molecular weight is 648 g/mol. The maximum atomic E-state index is 6.13. The van der Waals surface area contributed by atoms with Gasteiger partial charge in [-0.1, -0.05) is 28.6 Å². The summed E-state index contributed by atoms with van der Waals surface area (Å²) >= 11 is 0. The Balaban J connectivity index is 1.23. The van der Waals surface area contributed by atoms with Crippen LogP contribution in [0.4, 0.5) is 0 Å². The van der Waals surface area contributed by atoms with E-state index in [0.717, 1.165) is 83.4 Å². The molecule has 0 radical (unpaired) electrons. The summed E-state index contributed by atoms with van der Waals surface area (Å²) in [5.74, 6) is 0.802. The molecule has 8 rings (SSSR count). The Bertz CT molecular complexity index is 2070. The third kappa shape index (κ3) is 5.60. The Morgan fingerprint density at radius 3 is 2.44 bits per heavy atom. The Labute approximate surface area is 278 Å². The molecule has 2 aromatic carbocycles. The number of aromatic nitrogens is 10. The number of hydrogen-bond acceptors (Lipinski definition) is 10. The smallest absolute Gasteiger partial charge is 0.201 e. The number of aromatic amines is 1. The van der Waals surface area contributed by atoms with E-state index < -0.39 is 0 Å². The van der Waals surface area contributed by atoms with Gasteiger partial charge in [-0.05, 0) is 89.6 Å². The molecule has 13 nitrogen and oxygen atoms in total. The first-order valence-electron chi connectivity index (χ1n) is 16.7. The van der Waals surface area contributed by atoms with Gasteiger partial charge in [-0.25, -0.2) is 9.36 Å². The minimum Gasteiger partial charge on any atom is -0.497 e. The molecule has 248 valence electrons. The maximum Gasteiger partial charge on any atom is 0.201 e. The molecule has 0 saturated carbocycles. The first kappa shape index (κ1) is 30.6. The largest absolute Gasteiger partial charge is 0.497 e. The molecule has 0 amide bonds. The number of rotatable bonds is 7. The van der Waals surface area contributed by atoms with Crippen LogP contribution in [0.5, 0.6) is 5.75 Å². The molecule has 13 heteroatoms. The molecular formula is C35H41N11O2. The van der Waals surface area contributed by atoms with Crippen molar-refractivity contribution in [1.82, 2.24) is 55.7 Å². The van der Waals surface area contributed by atoms with Crippen LogP contribution in [-0.2, 0) is 11.3 Å². The van der Waals surface area contributed by atoms with Crippen molar-refractivity contribution in [2.75, 3.05) is 13.7 Å². The molecule has 6 heterocycles. The first-order valence-corrected chi connectivity index (χ1v) is 16.7. The lowest BCUT2D eigenvalue weighted by atomic mass is 9.79. The van der Waals surface area contributed by atoms with Crippen LogP contribution in [0, 0.1) is 0 Å². The Hall–Kier alpha value is -4.75. The molecule has 2 N–H and O–H groups in total. The summed E-state index contributed by atoms with van der Waals surface area (Å²) in [5, 5.41) is 39.6. The van der Waals surface area contributed by atoms with Crippen LogP contribution in [-0.4, -0.2) is 75.2 Å². The summed E-state index contributed by atoms with van der Waals surface area (Å²) in [7, 11) is 1.67. The monoisotopic (exact) mass is 647 g/mol. The molecule has 1 unspecified atom stereocenters. The van der Waals surface area contributed by atoms with Crippen LogP contribution in [0.15, 0.2) is 48.7 Å². The number of methoxy groups -OCH3 is 1. The minimum absolute atomic E-state index is 0.0430. The molecule has 1 atom stereocenters. The zero-order chi connectivity index (χ0) is 33.0. The van der Waals surface area contributed by atoms with E-state index in [2.05, 4.69) is 70.9 Å². The Kier molecular flexibility index (Phi) is 7.48. The van der Waals surface area contributed by atoms with Gasteiger partial charge >= 0.3 is 0 Å². The first-order chi connectivity index (χ1) is 23.2. The van der Waals surface area contributed by atoms with Crippen molar-refractivity contribution in [2.24, 2.45) is 0 Å². The van der Waals surface area contributed by atoms with E-state index in [1.54, 1.807) is 7.11 Å². The van der Waals surface area contributed by atoms with E-state index in [9.17, 15) is 0 Å². The van der Waals surface area contributed by atoms with Crippen molar-refractivity contribution < 1.29 is 9.47 Å². The Morgan fingerprint density at radius 1 is 0.896 bits per heavy atom. The highest BCUT2D eigenvalue weighted by molar-refractivity contribution is 6.01. The quantitative estimate of drug-likeness (QED) is 0.218. The van der Waals surface area contributed by atoms with E-state index in [-0.39, 0.29) is 23.2 Å². The van der Waals surface area contributed by atoms with E-state index in [4.69, 9.17) is 24.8 Å². The van der Waals surface area contributed by atoms with Gasteiger partial charge < -0.3 is 14.8 Å². The lowest BCUT2D eigenvalue weighted by Crippen LogP contribution is -2.58. The van der Waals surface area contributed by atoms with Crippen molar-refractivity contribution in [1.29, 1.82) is 0 Å². The van der Waals surface area contributed by atoms with Crippen LogP contribution in [0.2, 0.25) is 0 Å².